The third kappa shape index (κ3) is 4.99. The van der Waals surface area contributed by atoms with E-state index < -0.39 is 23.1 Å². The summed E-state index contributed by atoms with van der Waals surface area (Å²) in [6.07, 6.45) is -2.75. The normalized spacial score (nSPS) is 18.1. The lowest BCUT2D eigenvalue weighted by atomic mass is 9.83. The molecule has 3 aromatic carbocycles. The lowest BCUT2D eigenvalue weighted by molar-refractivity contribution is -0.290. The number of carbonyl (C=O) groups is 1. The van der Waals surface area contributed by atoms with Crippen molar-refractivity contribution in [2.45, 2.75) is 17.0 Å². The lowest BCUT2D eigenvalue weighted by Crippen LogP contribution is -2.33. The molecule has 8 heteroatoms. The second kappa shape index (κ2) is 10.7. The van der Waals surface area contributed by atoms with E-state index in [1.54, 1.807) is 7.11 Å². The van der Waals surface area contributed by atoms with Gasteiger partial charge in [-0.1, -0.05) is 78.9 Å². The van der Waals surface area contributed by atoms with Crippen LogP contribution in [0.3, 0.4) is 0 Å². The number of para-hydroxylation sites is 1. The number of hydrogen-bond acceptors (Lipinski definition) is 7. The van der Waals surface area contributed by atoms with E-state index in [1.807, 2.05) is 84.9 Å². The minimum atomic E-state index is -1.52. The zero-order chi connectivity index (χ0) is 23.1. The minimum absolute atomic E-state index is 0.164. The molecule has 172 valence electrons. The molecule has 1 heterocycles. The highest BCUT2D eigenvalue weighted by Gasteiger charge is 2.43. The summed E-state index contributed by atoms with van der Waals surface area (Å²) in [5, 5.41) is 8.77. The lowest BCUT2D eigenvalue weighted by Gasteiger charge is -2.36. The van der Waals surface area contributed by atoms with Crippen LogP contribution in [0.2, 0.25) is 0 Å². The van der Waals surface area contributed by atoms with E-state index >= 15 is 0 Å². The summed E-state index contributed by atoms with van der Waals surface area (Å²) >= 11 is 1.25. The predicted molar refractivity (Wildman–Crippen MR) is 123 cm³/mol. The standard InChI is InChI=1S/C25H24O7S/c1-28-21-15-9-8-14-20(21)25(18-10-4-2-5-11-18,19-12-6-3-7-13-19)33-32-23-17-29-16-22(23)30-31-24(26)27/h2-15,22-23H,16-17H2,1H3,(H,26,27). The van der Waals surface area contributed by atoms with Crippen LogP contribution in [0.5, 0.6) is 5.75 Å². The maximum absolute atomic E-state index is 10.8. The summed E-state index contributed by atoms with van der Waals surface area (Å²) in [7, 11) is 1.64. The molecule has 1 aliphatic rings. The van der Waals surface area contributed by atoms with Crippen LogP contribution in [0.4, 0.5) is 4.79 Å². The molecule has 7 nitrogen and oxygen atoms in total. The Kier molecular flexibility index (Phi) is 7.51. The second-order valence-electron chi connectivity index (χ2n) is 7.35. The van der Waals surface area contributed by atoms with Gasteiger partial charge in [0, 0.05) is 17.6 Å². The highest BCUT2D eigenvalue weighted by molar-refractivity contribution is 7.96. The van der Waals surface area contributed by atoms with Crippen LogP contribution in [0.25, 0.3) is 0 Å². The number of benzene rings is 3. The van der Waals surface area contributed by atoms with Gasteiger partial charge in [0.2, 0.25) is 0 Å². The number of carboxylic acid groups (broad SMARTS) is 1. The van der Waals surface area contributed by atoms with Crippen molar-refractivity contribution in [3.8, 4) is 5.75 Å². The van der Waals surface area contributed by atoms with E-state index in [9.17, 15) is 4.79 Å². The maximum atomic E-state index is 10.8. The van der Waals surface area contributed by atoms with Crippen LogP contribution in [0, 0.1) is 0 Å². The van der Waals surface area contributed by atoms with Gasteiger partial charge in [0.1, 0.15) is 16.6 Å². The third-order valence-electron chi connectivity index (χ3n) is 5.37. The van der Waals surface area contributed by atoms with Crippen LogP contribution in [-0.4, -0.2) is 43.8 Å². The molecule has 0 spiro atoms. The third-order valence-corrected chi connectivity index (χ3v) is 6.65. The zero-order valence-corrected chi connectivity index (χ0v) is 18.8. The van der Waals surface area contributed by atoms with Gasteiger partial charge in [-0.3, -0.25) is 4.89 Å². The smallest absolute Gasteiger partial charge is 0.496 e. The minimum Gasteiger partial charge on any atom is -0.496 e. The van der Waals surface area contributed by atoms with Crippen molar-refractivity contribution in [2.75, 3.05) is 20.3 Å². The van der Waals surface area contributed by atoms with Crippen molar-refractivity contribution >= 4 is 18.2 Å². The topological polar surface area (TPSA) is 83.5 Å². The van der Waals surface area contributed by atoms with E-state index in [0.717, 1.165) is 16.7 Å². The van der Waals surface area contributed by atoms with E-state index in [4.69, 9.17) is 23.7 Å². The first-order valence-electron chi connectivity index (χ1n) is 10.4. The van der Waals surface area contributed by atoms with Crippen molar-refractivity contribution in [1.82, 2.24) is 0 Å². The number of hydrogen-bond donors (Lipinski definition) is 1. The SMILES string of the molecule is COc1ccccc1C(SOC1COCC1OOC(=O)O)(c1ccccc1)c1ccccc1. The van der Waals surface area contributed by atoms with Gasteiger partial charge in [-0.2, -0.15) is 4.89 Å². The van der Waals surface area contributed by atoms with Crippen LogP contribution >= 0.6 is 12.0 Å². The summed E-state index contributed by atoms with van der Waals surface area (Å²) < 4.78 is 16.7. The Balaban J connectivity index is 1.78. The van der Waals surface area contributed by atoms with Gasteiger partial charge in [-0.25, -0.2) is 4.79 Å². The molecule has 0 aliphatic carbocycles. The Bertz CT molecular complexity index is 1010. The molecule has 1 aliphatic heterocycles. The van der Waals surface area contributed by atoms with Crippen LogP contribution in [0.1, 0.15) is 16.7 Å². The first-order valence-corrected chi connectivity index (χ1v) is 11.1. The molecule has 0 saturated carbocycles. The first-order chi connectivity index (χ1) is 16.1. The van der Waals surface area contributed by atoms with Gasteiger partial charge in [0.05, 0.1) is 20.3 Å². The highest BCUT2D eigenvalue weighted by Crippen LogP contribution is 2.52. The Morgan fingerprint density at radius 3 is 2.09 bits per heavy atom. The zero-order valence-electron chi connectivity index (χ0n) is 18.0. The summed E-state index contributed by atoms with van der Waals surface area (Å²) in [5.41, 5.74) is 2.89. The van der Waals surface area contributed by atoms with Gasteiger partial charge in [-0.15, -0.1) is 0 Å². The van der Waals surface area contributed by atoms with Crippen molar-refractivity contribution in [2.24, 2.45) is 0 Å². The van der Waals surface area contributed by atoms with Crippen molar-refractivity contribution < 1.29 is 33.3 Å². The second-order valence-corrected chi connectivity index (χ2v) is 8.32. The maximum Gasteiger partial charge on any atom is 0.537 e. The summed E-state index contributed by atoms with van der Waals surface area (Å²) in [5.74, 6) is 0.714. The highest BCUT2D eigenvalue weighted by atomic mass is 32.2. The summed E-state index contributed by atoms with van der Waals surface area (Å²) in [4.78, 5) is 20.1. The molecular weight excluding hydrogens is 444 g/mol. The molecule has 0 radical (unpaired) electrons. The molecule has 0 amide bonds. The summed E-state index contributed by atoms with van der Waals surface area (Å²) in [6, 6.07) is 27.8. The van der Waals surface area contributed by atoms with Gasteiger partial charge >= 0.3 is 6.16 Å². The largest absolute Gasteiger partial charge is 0.537 e. The van der Waals surface area contributed by atoms with E-state index in [0.29, 0.717) is 5.75 Å². The fourth-order valence-electron chi connectivity index (χ4n) is 3.83. The van der Waals surface area contributed by atoms with E-state index in [2.05, 4.69) is 4.89 Å². The van der Waals surface area contributed by atoms with Crippen LogP contribution in [-0.2, 0) is 23.4 Å². The molecule has 2 unspecified atom stereocenters. The molecule has 0 bridgehead atoms. The molecule has 1 fully saturated rings. The van der Waals surface area contributed by atoms with Crippen molar-refractivity contribution in [3.05, 3.63) is 102 Å². The van der Waals surface area contributed by atoms with Crippen molar-refractivity contribution in [3.63, 3.8) is 0 Å². The fourth-order valence-corrected chi connectivity index (χ4v) is 5.00. The molecule has 1 N–H and O–H groups in total. The Morgan fingerprint density at radius 2 is 1.48 bits per heavy atom. The quantitative estimate of drug-likeness (QED) is 0.202. The molecule has 3 aromatic rings. The fraction of sp³-hybridized carbons (Fsp3) is 0.240. The average Bonchev–Trinajstić information content (AvgIpc) is 3.32. The number of methoxy groups -OCH3 is 1. The summed E-state index contributed by atoms with van der Waals surface area (Å²) in [6.45, 7) is 0.406. The first kappa shape index (κ1) is 23.1. The predicted octanol–water partition coefficient (Wildman–Crippen LogP) is 5.05. The number of rotatable bonds is 9. The van der Waals surface area contributed by atoms with Gasteiger partial charge in [-0.05, 0) is 17.2 Å². The van der Waals surface area contributed by atoms with E-state index in [-0.39, 0.29) is 13.2 Å². The van der Waals surface area contributed by atoms with Gasteiger partial charge in [0.25, 0.3) is 0 Å². The Hall–Kier alpha value is -3.04. The molecule has 2 atom stereocenters. The molecule has 4 rings (SSSR count). The monoisotopic (exact) mass is 468 g/mol. The van der Waals surface area contributed by atoms with E-state index in [1.165, 1.54) is 12.0 Å². The van der Waals surface area contributed by atoms with Crippen molar-refractivity contribution in [1.29, 1.82) is 0 Å². The Morgan fingerprint density at radius 1 is 0.909 bits per heavy atom. The Labute approximate surface area is 196 Å². The van der Waals surface area contributed by atoms with Gasteiger partial charge in [0.15, 0.2) is 6.10 Å². The van der Waals surface area contributed by atoms with Gasteiger partial charge < -0.3 is 18.8 Å². The van der Waals surface area contributed by atoms with Crippen LogP contribution in [0.15, 0.2) is 84.9 Å². The molecular formula is C25H24O7S. The van der Waals surface area contributed by atoms with Crippen LogP contribution < -0.4 is 4.74 Å². The number of ether oxygens (including phenoxy) is 2. The molecule has 1 saturated heterocycles. The molecule has 0 aromatic heterocycles. The average molecular weight is 469 g/mol. The molecule has 33 heavy (non-hydrogen) atoms.